The fraction of sp³-hybridized carbons (Fsp3) is 0.200. The molecule has 2 unspecified atom stereocenters. The van der Waals surface area contributed by atoms with Crippen LogP contribution in [0.3, 0.4) is 0 Å². The van der Waals surface area contributed by atoms with Crippen molar-refractivity contribution in [1.82, 2.24) is 0 Å². The molecule has 0 saturated carbocycles. The number of hydrogen-bond donors (Lipinski definition) is 2. The van der Waals surface area contributed by atoms with E-state index < -0.39 is 23.6 Å². The summed E-state index contributed by atoms with van der Waals surface area (Å²) in [6, 6.07) is 17.2. The molecule has 0 fully saturated rings. The number of hydrogen-bond acceptors (Lipinski definition) is 7. The van der Waals surface area contributed by atoms with Crippen LogP contribution in [0.4, 0.5) is 0 Å². The number of halogens is 1. The molecule has 0 amide bonds. The first-order valence-electron chi connectivity index (χ1n) is 10.2. The molecule has 0 bridgehead atoms. The zero-order valence-electron chi connectivity index (χ0n) is 18.3. The van der Waals surface area contributed by atoms with Gasteiger partial charge >= 0.3 is 17.7 Å². The van der Waals surface area contributed by atoms with Crippen molar-refractivity contribution in [3.05, 3.63) is 87.4 Å². The van der Waals surface area contributed by atoms with Gasteiger partial charge in [0, 0.05) is 0 Å². The Morgan fingerprint density at radius 3 is 2.29 bits per heavy atom. The highest BCUT2D eigenvalue weighted by Crippen LogP contribution is 2.47. The molecule has 2 N–H and O–H groups in total. The van der Waals surface area contributed by atoms with E-state index in [4.69, 9.17) is 18.9 Å². The summed E-state index contributed by atoms with van der Waals surface area (Å²) >= 11 is 3.37. The molecule has 0 saturated heterocycles. The molecule has 1 aliphatic heterocycles. The average molecular weight is 529 g/mol. The Bertz CT molecular complexity index is 1220. The number of carbonyl (C=O) groups is 2. The monoisotopic (exact) mass is 528 g/mol. The number of fused-ring (bicyclic) bond motifs is 1. The highest BCUT2D eigenvalue weighted by atomic mass is 79.9. The van der Waals surface area contributed by atoms with Gasteiger partial charge in [-0.15, -0.1) is 0 Å². The molecular weight excluding hydrogens is 508 g/mol. The number of carboxylic acids is 1. The third-order valence-electron chi connectivity index (χ3n) is 5.55. The summed E-state index contributed by atoms with van der Waals surface area (Å²) in [5.41, 5.74) is 1.60. The minimum Gasteiger partial charge on any atom is -0.495 e. The van der Waals surface area contributed by atoms with E-state index in [9.17, 15) is 19.8 Å². The van der Waals surface area contributed by atoms with Gasteiger partial charge in [-0.3, -0.25) is 0 Å². The number of ether oxygens (including phenoxy) is 4. The fourth-order valence-corrected chi connectivity index (χ4v) is 4.44. The number of carboxylic acid groups (broad SMARTS) is 1. The molecule has 9 heteroatoms. The van der Waals surface area contributed by atoms with Gasteiger partial charge in [0.1, 0.15) is 28.3 Å². The van der Waals surface area contributed by atoms with Gasteiger partial charge in [-0.25, -0.2) is 9.59 Å². The summed E-state index contributed by atoms with van der Waals surface area (Å²) in [7, 11) is 2.88. The first-order valence-corrected chi connectivity index (χ1v) is 11.0. The van der Waals surface area contributed by atoms with Crippen molar-refractivity contribution < 1.29 is 38.7 Å². The SMILES string of the molecule is COc1cc(C2c3ccc(OCc4ccccc4)cc3C(=O)OC2(O)C(=O)O)cc(OC)c1Br. The molecule has 8 nitrogen and oxygen atoms in total. The largest absolute Gasteiger partial charge is 0.495 e. The minimum absolute atomic E-state index is 0.0855. The van der Waals surface area contributed by atoms with Gasteiger partial charge in [-0.05, 0) is 56.9 Å². The molecule has 2 atom stereocenters. The summed E-state index contributed by atoms with van der Waals surface area (Å²) < 4.78 is 22.1. The number of aliphatic hydroxyl groups is 1. The average Bonchev–Trinajstić information content (AvgIpc) is 2.84. The Kier molecular flexibility index (Phi) is 6.49. The molecular formula is C25H21BrO8. The number of benzene rings is 3. The highest BCUT2D eigenvalue weighted by Gasteiger charge is 2.54. The van der Waals surface area contributed by atoms with E-state index in [0.717, 1.165) is 5.56 Å². The van der Waals surface area contributed by atoms with Crippen molar-refractivity contribution >= 4 is 27.9 Å². The van der Waals surface area contributed by atoms with Crippen LogP contribution in [-0.4, -0.2) is 42.2 Å². The summed E-state index contributed by atoms with van der Waals surface area (Å²) in [6.07, 6.45) is 0. The second kappa shape index (κ2) is 9.36. The normalized spacial score (nSPS) is 19.1. The Morgan fingerprint density at radius 1 is 1.06 bits per heavy atom. The fourth-order valence-electron chi connectivity index (χ4n) is 3.89. The lowest BCUT2D eigenvalue weighted by atomic mass is 9.79. The van der Waals surface area contributed by atoms with E-state index in [1.165, 1.54) is 20.3 Å². The van der Waals surface area contributed by atoms with Crippen LogP contribution in [-0.2, 0) is 16.1 Å². The molecule has 1 aliphatic rings. The predicted octanol–water partition coefficient (Wildman–Crippen LogP) is 4.12. The first-order chi connectivity index (χ1) is 16.3. The van der Waals surface area contributed by atoms with Gasteiger partial charge in [0.2, 0.25) is 0 Å². The van der Waals surface area contributed by atoms with Crippen LogP contribution in [0.2, 0.25) is 0 Å². The van der Waals surface area contributed by atoms with Gasteiger partial charge in [0.15, 0.2) is 0 Å². The van der Waals surface area contributed by atoms with Gasteiger partial charge in [-0.2, -0.15) is 0 Å². The van der Waals surface area contributed by atoms with Crippen LogP contribution in [0.25, 0.3) is 0 Å². The van der Waals surface area contributed by atoms with Crippen molar-refractivity contribution in [2.45, 2.75) is 18.3 Å². The van der Waals surface area contributed by atoms with E-state index in [0.29, 0.717) is 27.3 Å². The summed E-state index contributed by atoms with van der Waals surface area (Å²) in [5, 5.41) is 20.9. The summed E-state index contributed by atoms with van der Waals surface area (Å²) in [5.74, 6) is -5.70. The van der Waals surface area contributed by atoms with Gasteiger partial charge < -0.3 is 29.2 Å². The molecule has 0 aliphatic carbocycles. The number of esters is 1. The Balaban J connectivity index is 1.80. The number of carbonyl (C=O) groups excluding carboxylic acids is 1. The predicted molar refractivity (Wildman–Crippen MR) is 124 cm³/mol. The maximum absolute atomic E-state index is 12.8. The van der Waals surface area contributed by atoms with E-state index >= 15 is 0 Å². The maximum Gasteiger partial charge on any atom is 0.378 e. The molecule has 3 aromatic rings. The number of cyclic esters (lactones) is 1. The molecule has 0 aromatic heterocycles. The van der Waals surface area contributed by atoms with Gasteiger partial charge in [-0.1, -0.05) is 36.4 Å². The minimum atomic E-state index is -2.85. The van der Waals surface area contributed by atoms with Crippen molar-refractivity contribution in [2.24, 2.45) is 0 Å². The zero-order valence-corrected chi connectivity index (χ0v) is 19.9. The molecule has 4 rings (SSSR count). The quantitative estimate of drug-likeness (QED) is 0.440. The molecule has 176 valence electrons. The standard InChI is InChI=1S/C25H21BrO8/c1-31-19-10-15(11-20(32-2)22(19)26)21-17-9-8-16(33-13-14-6-4-3-5-7-14)12-18(17)23(27)34-25(21,30)24(28)29/h3-12,21,30H,13H2,1-2H3,(H,28,29). The topological polar surface area (TPSA) is 112 Å². The van der Waals surface area contributed by atoms with E-state index in [1.54, 1.807) is 24.3 Å². The first kappa shape index (κ1) is 23.6. The van der Waals surface area contributed by atoms with Gasteiger partial charge in [0.05, 0.1) is 25.7 Å². The van der Waals surface area contributed by atoms with E-state index in [2.05, 4.69) is 15.9 Å². The van der Waals surface area contributed by atoms with E-state index in [1.807, 2.05) is 30.3 Å². The van der Waals surface area contributed by atoms with Crippen molar-refractivity contribution in [3.63, 3.8) is 0 Å². The van der Waals surface area contributed by atoms with Gasteiger partial charge in [0.25, 0.3) is 0 Å². The molecule has 3 aromatic carbocycles. The molecule has 0 spiro atoms. The lowest BCUT2D eigenvalue weighted by molar-refractivity contribution is -0.211. The Hall–Kier alpha value is -3.56. The van der Waals surface area contributed by atoms with Crippen LogP contribution in [0.5, 0.6) is 17.2 Å². The van der Waals surface area contributed by atoms with Crippen molar-refractivity contribution in [1.29, 1.82) is 0 Å². The Morgan fingerprint density at radius 2 is 1.71 bits per heavy atom. The van der Waals surface area contributed by atoms with Crippen LogP contribution >= 0.6 is 15.9 Å². The maximum atomic E-state index is 12.8. The second-order valence-corrected chi connectivity index (χ2v) is 8.38. The lowest BCUT2D eigenvalue weighted by Crippen LogP contribution is -2.52. The number of methoxy groups -OCH3 is 2. The third-order valence-corrected chi connectivity index (χ3v) is 6.33. The molecule has 34 heavy (non-hydrogen) atoms. The summed E-state index contributed by atoms with van der Waals surface area (Å²) in [4.78, 5) is 24.8. The van der Waals surface area contributed by atoms with E-state index in [-0.39, 0.29) is 17.7 Å². The lowest BCUT2D eigenvalue weighted by Gasteiger charge is -2.37. The zero-order chi connectivity index (χ0) is 24.5. The third kappa shape index (κ3) is 4.20. The van der Waals surface area contributed by atoms with Crippen molar-refractivity contribution in [2.75, 3.05) is 14.2 Å². The highest BCUT2D eigenvalue weighted by molar-refractivity contribution is 9.10. The van der Waals surface area contributed by atoms with Crippen LogP contribution in [0, 0.1) is 0 Å². The second-order valence-electron chi connectivity index (χ2n) is 7.59. The number of rotatable bonds is 7. The molecule has 1 heterocycles. The summed E-state index contributed by atoms with van der Waals surface area (Å²) in [6.45, 7) is 0.276. The van der Waals surface area contributed by atoms with Crippen LogP contribution in [0.15, 0.2) is 65.1 Å². The smallest absolute Gasteiger partial charge is 0.378 e. The Labute approximate surface area is 203 Å². The van der Waals surface area contributed by atoms with Crippen LogP contribution in [0.1, 0.15) is 33.0 Å². The van der Waals surface area contributed by atoms with Crippen LogP contribution < -0.4 is 14.2 Å². The molecule has 0 radical (unpaired) electrons. The van der Waals surface area contributed by atoms with Crippen molar-refractivity contribution in [3.8, 4) is 17.2 Å². The number of aliphatic carboxylic acids is 1.